The molecule has 0 saturated heterocycles. The van der Waals surface area contributed by atoms with E-state index < -0.39 is 97.5 Å². The van der Waals surface area contributed by atoms with Gasteiger partial charge < -0.3 is 33.8 Å². The molecule has 0 aliphatic rings. The van der Waals surface area contributed by atoms with Crippen LogP contribution in [-0.4, -0.2) is 96.7 Å². The number of carbonyl (C=O) groups is 4. The molecule has 4 unspecified atom stereocenters. The minimum absolute atomic E-state index is 0.104. The van der Waals surface area contributed by atoms with Crippen LogP contribution in [0.3, 0.4) is 0 Å². The topological polar surface area (TPSA) is 237 Å². The molecule has 0 rings (SSSR count). The lowest BCUT2D eigenvalue weighted by atomic mass is 10.00. The third kappa shape index (κ3) is 65.4. The Kier molecular flexibility index (Phi) is 61.3. The number of hydrogen-bond acceptors (Lipinski definition) is 15. The molecule has 546 valence electrons. The maximum absolute atomic E-state index is 13.0. The van der Waals surface area contributed by atoms with Crippen molar-refractivity contribution in [3.8, 4) is 0 Å². The predicted octanol–water partition coefficient (Wildman–Crippen LogP) is 20.9. The number of phosphoric ester groups is 2. The highest BCUT2D eigenvalue weighted by atomic mass is 31.2. The van der Waals surface area contributed by atoms with Crippen molar-refractivity contribution in [1.82, 2.24) is 0 Å². The fraction of sp³-hybridized carbons (Fsp3) is 0.945. The normalized spacial score (nSPS) is 14.5. The van der Waals surface area contributed by atoms with Gasteiger partial charge in [0.05, 0.1) is 26.4 Å². The molecule has 0 fully saturated rings. The van der Waals surface area contributed by atoms with Gasteiger partial charge in [-0.15, -0.1) is 0 Å². The third-order valence-corrected chi connectivity index (χ3v) is 19.1. The molecule has 3 N–H and O–H groups in total. The van der Waals surface area contributed by atoms with E-state index in [1.807, 2.05) is 0 Å². The zero-order chi connectivity index (χ0) is 68.2. The van der Waals surface area contributed by atoms with Gasteiger partial charge in [0.2, 0.25) is 0 Å². The van der Waals surface area contributed by atoms with Crippen molar-refractivity contribution in [3.63, 3.8) is 0 Å². The molecule has 0 aliphatic carbocycles. The Bertz CT molecular complexity index is 1820. The lowest BCUT2D eigenvalue weighted by molar-refractivity contribution is -0.161. The van der Waals surface area contributed by atoms with Crippen LogP contribution in [0.25, 0.3) is 0 Å². The van der Waals surface area contributed by atoms with Gasteiger partial charge in [-0.3, -0.25) is 37.3 Å². The zero-order valence-corrected chi connectivity index (χ0v) is 62.0. The van der Waals surface area contributed by atoms with Crippen LogP contribution in [-0.2, 0) is 65.4 Å². The summed E-state index contributed by atoms with van der Waals surface area (Å²) in [5, 5.41) is 10.6. The second-order valence-electron chi connectivity index (χ2n) is 28.0. The molecule has 0 spiro atoms. The summed E-state index contributed by atoms with van der Waals surface area (Å²) in [6.07, 6.45) is 46.2. The first-order valence-corrected chi connectivity index (χ1v) is 40.7. The number of aliphatic hydroxyl groups is 1. The van der Waals surface area contributed by atoms with Gasteiger partial charge in [0.1, 0.15) is 19.3 Å². The number of rotatable bonds is 70. The van der Waals surface area contributed by atoms with E-state index in [2.05, 4.69) is 55.4 Å². The first-order valence-electron chi connectivity index (χ1n) is 37.7. The number of ether oxygens (including phenoxy) is 4. The lowest BCUT2D eigenvalue weighted by Gasteiger charge is -2.21. The summed E-state index contributed by atoms with van der Waals surface area (Å²) in [5.41, 5.74) is 0. The smallest absolute Gasteiger partial charge is 0.462 e. The van der Waals surface area contributed by atoms with Gasteiger partial charge in [-0.1, -0.05) is 312 Å². The average Bonchev–Trinajstić information content (AvgIpc) is 2.85. The summed E-state index contributed by atoms with van der Waals surface area (Å²) >= 11 is 0. The standard InChI is InChI=1S/C73H142O17P2/c1-9-66(8)52-44-36-30-32-38-46-54-71(76)84-60-69(90-73(78)56-48-40-28-24-20-22-26-34-42-50-64(4)5)62-88-92(81,82)86-58-67(74)57-85-91(79,80)87-61-68(59-83-70(75)53-45-37-31-29-35-43-51-65(6)7)89-72(77)55-47-39-27-23-19-17-15-13-11-10-12-14-16-18-21-25-33-41-49-63(2)3/h63-69,74H,9-62H2,1-8H3,(H,79,80)(H,81,82)/t66?,67?,68-,69-/m1/s1. The quantitative estimate of drug-likeness (QED) is 0.0222. The Morgan fingerprint density at radius 1 is 0.304 bits per heavy atom. The van der Waals surface area contributed by atoms with E-state index in [1.165, 1.54) is 154 Å². The Balaban J connectivity index is 5.16. The maximum Gasteiger partial charge on any atom is 0.472 e. The van der Waals surface area contributed by atoms with Gasteiger partial charge in [0.15, 0.2) is 12.2 Å². The minimum atomic E-state index is -4.95. The lowest BCUT2D eigenvalue weighted by Crippen LogP contribution is -2.30. The highest BCUT2D eigenvalue weighted by Crippen LogP contribution is 2.45. The van der Waals surface area contributed by atoms with Crippen LogP contribution in [0, 0.1) is 23.7 Å². The summed E-state index contributed by atoms with van der Waals surface area (Å²) in [4.78, 5) is 72.6. The van der Waals surface area contributed by atoms with Gasteiger partial charge in [0, 0.05) is 25.7 Å². The molecule has 0 heterocycles. The van der Waals surface area contributed by atoms with E-state index in [0.29, 0.717) is 31.6 Å². The van der Waals surface area contributed by atoms with E-state index in [1.54, 1.807) is 0 Å². The molecule has 17 nitrogen and oxygen atoms in total. The number of carbonyl (C=O) groups excluding carboxylic acids is 4. The maximum atomic E-state index is 13.0. The van der Waals surface area contributed by atoms with E-state index >= 15 is 0 Å². The Labute approximate surface area is 562 Å². The van der Waals surface area contributed by atoms with Gasteiger partial charge >= 0.3 is 39.5 Å². The SMILES string of the molecule is CCC(C)CCCCCCCCC(=O)OC[C@H](COP(=O)(O)OCC(O)COP(=O)(O)OC[C@@H](COC(=O)CCCCCCCCC(C)C)OC(=O)CCCCCCCCCCCCCCCCCCCCC(C)C)OC(=O)CCCCCCCCCCCC(C)C. The van der Waals surface area contributed by atoms with Crippen LogP contribution < -0.4 is 0 Å². The average molecular weight is 1350 g/mol. The fourth-order valence-corrected chi connectivity index (χ4v) is 12.6. The van der Waals surface area contributed by atoms with E-state index in [4.69, 9.17) is 37.0 Å². The molecule has 0 aromatic heterocycles. The number of unbranched alkanes of at least 4 members (excludes halogenated alkanes) is 35. The van der Waals surface area contributed by atoms with Crippen molar-refractivity contribution in [3.05, 3.63) is 0 Å². The molecule has 19 heteroatoms. The van der Waals surface area contributed by atoms with Crippen LogP contribution in [0.4, 0.5) is 0 Å². The zero-order valence-electron chi connectivity index (χ0n) is 60.2. The van der Waals surface area contributed by atoms with Crippen LogP contribution in [0.2, 0.25) is 0 Å². The van der Waals surface area contributed by atoms with E-state index in [9.17, 15) is 43.2 Å². The van der Waals surface area contributed by atoms with Crippen molar-refractivity contribution < 1.29 is 80.2 Å². The summed E-state index contributed by atoms with van der Waals surface area (Å²) < 4.78 is 68.3. The van der Waals surface area contributed by atoms with Crippen LogP contribution in [0.15, 0.2) is 0 Å². The first kappa shape index (κ1) is 90.1. The molecule has 0 saturated carbocycles. The van der Waals surface area contributed by atoms with Crippen LogP contribution >= 0.6 is 15.6 Å². The molecule has 0 aliphatic heterocycles. The first-order chi connectivity index (χ1) is 44.1. The fourth-order valence-electron chi connectivity index (χ4n) is 11.0. The highest BCUT2D eigenvalue weighted by molar-refractivity contribution is 7.47. The summed E-state index contributed by atoms with van der Waals surface area (Å²) in [7, 11) is -9.90. The Morgan fingerprint density at radius 2 is 0.522 bits per heavy atom. The van der Waals surface area contributed by atoms with Crippen molar-refractivity contribution >= 4 is 39.5 Å². The molecule has 0 bridgehead atoms. The van der Waals surface area contributed by atoms with Gasteiger partial charge in [0.25, 0.3) is 0 Å². The molecule has 6 atom stereocenters. The van der Waals surface area contributed by atoms with E-state index in [-0.39, 0.29) is 25.7 Å². The summed E-state index contributed by atoms with van der Waals surface area (Å²) in [5.74, 6) is 0.837. The molecular formula is C73H142O17P2. The number of hydrogen-bond donors (Lipinski definition) is 3. The summed E-state index contributed by atoms with van der Waals surface area (Å²) in [6, 6.07) is 0. The Hall–Kier alpha value is -1.94. The minimum Gasteiger partial charge on any atom is -0.462 e. The van der Waals surface area contributed by atoms with Gasteiger partial charge in [-0.25, -0.2) is 9.13 Å². The summed E-state index contributed by atoms with van der Waals surface area (Å²) in [6.45, 7) is 14.1. The molecule has 92 heavy (non-hydrogen) atoms. The van der Waals surface area contributed by atoms with Crippen molar-refractivity contribution in [2.24, 2.45) is 23.7 Å². The van der Waals surface area contributed by atoms with E-state index in [0.717, 1.165) is 120 Å². The Morgan fingerprint density at radius 3 is 0.772 bits per heavy atom. The molecule has 0 amide bonds. The number of phosphoric acid groups is 2. The largest absolute Gasteiger partial charge is 0.472 e. The molecular weight excluding hydrogens is 1210 g/mol. The molecule has 0 aromatic carbocycles. The molecule has 0 radical (unpaired) electrons. The monoisotopic (exact) mass is 1350 g/mol. The second-order valence-corrected chi connectivity index (χ2v) is 30.9. The van der Waals surface area contributed by atoms with Crippen molar-refractivity contribution in [2.45, 2.75) is 382 Å². The predicted molar refractivity (Wildman–Crippen MR) is 372 cm³/mol. The second kappa shape index (κ2) is 62.6. The van der Waals surface area contributed by atoms with Gasteiger partial charge in [-0.2, -0.15) is 0 Å². The van der Waals surface area contributed by atoms with Crippen molar-refractivity contribution in [1.29, 1.82) is 0 Å². The van der Waals surface area contributed by atoms with Gasteiger partial charge in [-0.05, 0) is 49.4 Å². The van der Waals surface area contributed by atoms with Crippen LogP contribution in [0.5, 0.6) is 0 Å². The van der Waals surface area contributed by atoms with Crippen LogP contribution in [0.1, 0.15) is 364 Å². The molecule has 0 aromatic rings. The van der Waals surface area contributed by atoms with Crippen molar-refractivity contribution in [2.75, 3.05) is 39.6 Å². The number of esters is 4. The third-order valence-electron chi connectivity index (χ3n) is 17.2. The number of aliphatic hydroxyl groups excluding tert-OH is 1. The highest BCUT2D eigenvalue weighted by Gasteiger charge is 2.30.